The summed E-state index contributed by atoms with van der Waals surface area (Å²) in [5.41, 5.74) is 6.52. The van der Waals surface area contributed by atoms with Crippen molar-refractivity contribution in [2.24, 2.45) is 0 Å². The Morgan fingerprint density at radius 2 is 2.00 bits per heavy atom. The highest BCUT2D eigenvalue weighted by atomic mass is 32.1. The lowest BCUT2D eigenvalue weighted by Crippen LogP contribution is -2.16. The molecular formula is C13H15N5OS. The summed E-state index contributed by atoms with van der Waals surface area (Å²) in [5, 5.41) is 23.5. The Bertz CT molecular complexity index is 784. The van der Waals surface area contributed by atoms with Crippen LogP contribution in [0.15, 0.2) is 18.2 Å². The first kappa shape index (κ1) is 12.9. The van der Waals surface area contributed by atoms with Crippen LogP contribution < -0.4 is 5.73 Å². The van der Waals surface area contributed by atoms with Crippen LogP contribution in [0.4, 0.5) is 5.69 Å². The molecule has 3 N–H and O–H groups in total. The Balaban J connectivity index is 2.19. The van der Waals surface area contributed by atoms with E-state index in [1.807, 2.05) is 0 Å². The smallest absolute Gasteiger partial charge is 0.235 e. The number of nitrogens with zero attached hydrogens (tertiary/aromatic N) is 4. The maximum Gasteiger partial charge on any atom is 0.235 e. The molecular weight excluding hydrogens is 274 g/mol. The molecule has 0 saturated carbocycles. The molecule has 0 amide bonds. The van der Waals surface area contributed by atoms with Crippen molar-refractivity contribution in [3.8, 4) is 16.3 Å². The molecule has 104 valence electrons. The van der Waals surface area contributed by atoms with Crippen molar-refractivity contribution in [3.05, 3.63) is 24.0 Å². The van der Waals surface area contributed by atoms with E-state index in [1.54, 1.807) is 22.7 Å². The maximum atomic E-state index is 10.0. The number of hydrogen-bond acceptors (Lipinski definition) is 6. The second kappa shape index (κ2) is 4.17. The maximum absolute atomic E-state index is 10.0. The Kier molecular flexibility index (Phi) is 2.68. The molecule has 0 radical (unpaired) electrons. The molecule has 0 unspecified atom stereocenters. The first-order valence-corrected chi connectivity index (χ1v) is 7.00. The molecule has 0 fully saturated rings. The fourth-order valence-corrected chi connectivity index (χ4v) is 2.79. The number of fused-ring (bicyclic) bond motifs is 1. The van der Waals surface area contributed by atoms with Gasteiger partial charge in [0.15, 0.2) is 10.8 Å². The molecule has 0 spiro atoms. The highest BCUT2D eigenvalue weighted by molar-refractivity contribution is 7.19. The van der Waals surface area contributed by atoms with E-state index < -0.39 is 0 Å². The topological polar surface area (TPSA) is 89.3 Å². The van der Waals surface area contributed by atoms with E-state index >= 15 is 0 Å². The molecule has 0 saturated heterocycles. The molecule has 0 aliphatic rings. The lowest BCUT2D eigenvalue weighted by Gasteiger charge is -2.13. The van der Waals surface area contributed by atoms with Gasteiger partial charge in [-0.1, -0.05) is 38.2 Å². The fraction of sp³-hybridized carbons (Fsp3) is 0.308. The summed E-state index contributed by atoms with van der Waals surface area (Å²) in [6.45, 7) is 6.17. The van der Waals surface area contributed by atoms with Gasteiger partial charge in [-0.15, -0.1) is 10.2 Å². The van der Waals surface area contributed by atoms with Crippen molar-refractivity contribution in [2.45, 2.75) is 26.2 Å². The molecule has 0 aliphatic heterocycles. The molecule has 7 heteroatoms. The van der Waals surface area contributed by atoms with Gasteiger partial charge in [-0.25, -0.2) is 0 Å². The largest absolute Gasteiger partial charge is 0.505 e. The first-order chi connectivity index (χ1) is 9.38. The monoisotopic (exact) mass is 289 g/mol. The van der Waals surface area contributed by atoms with Crippen molar-refractivity contribution >= 4 is 22.0 Å². The minimum atomic E-state index is -0.150. The molecule has 0 aliphatic carbocycles. The van der Waals surface area contributed by atoms with Crippen LogP contribution in [0, 0.1) is 0 Å². The molecule has 0 bridgehead atoms. The van der Waals surface area contributed by atoms with Crippen molar-refractivity contribution in [2.75, 3.05) is 5.73 Å². The number of nitrogen functional groups attached to an aromatic ring is 1. The number of anilines is 1. The average Bonchev–Trinajstić information content (AvgIpc) is 2.90. The van der Waals surface area contributed by atoms with Crippen LogP contribution in [0.3, 0.4) is 0 Å². The Morgan fingerprint density at radius 1 is 1.25 bits per heavy atom. The number of aromatic hydroxyl groups is 1. The van der Waals surface area contributed by atoms with Gasteiger partial charge in [-0.2, -0.15) is 9.61 Å². The molecule has 2 heterocycles. The van der Waals surface area contributed by atoms with Crippen LogP contribution in [-0.4, -0.2) is 24.9 Å². The summed E-state index contributed by atoms with van der Waals surface area (Å²) in [7, 11) is 0. The third kappa shape index (κ3) is 1.90. The SMILES string of the molecule is CC(C)(C)c1nnc2sc(-c3cccc(N)c3O)nn12. The van der Waals surface area contributed by atoms with Crippen molar-refractivity contribution in [3.63, 3.8) is 0 Å². The van der Waals surface area contributed by atoms with Crippen LogP contribution in [-0.2, 0) is 5.41 Å². The van der Waals surface area contributed by atoms with Gasteiger partial charge in [-0.3, -0.25) is 0 Å². The van der Waals surface area contributed by atoms with Crippen molar-refractivity contribution in [1.29, 1.82) is 0 Å². The number of para-hydroxylation sites is 1. The van der Waals surface area contributed by atoms with Gasteiger partial charge in [-0.05, 0) is 12.1 Å². The molecule has 3 rings (SSSR count). The number of phenolic OH excluding ortho intramolecular Hbond substituents is 1. The van der Waals surface area contributed by atoms with E-state index in [-0.39, 0.29) is 11.2 Å². The molecule has 1 aromatic carbocycles. The number of benzene rings is 1. The highest BCUT2D eigenvalue weighted by Gasteiger charge is 2.24. The third-order valence-corrected chi connectivity index (χ3v) is 3.89. The number of phenols is 1. The van der Waals surface area contributed by atoms with E-state index in [2.05, 4.69) is 36.1 Å². The van der Waals surface area contributed by atoms with Gasteiger partial charge in [0.1, 0.15) is 5.75 Å². The lowest BCUT2D eigenvalue weighted by molar-refractivity contribution is 0.479. The van der Waals surface area contributed by atoms with Gasteiger partial charge in [0, 0.05) is 5.41 Å². The summed E-state index contributed by atoms with van der Waals surface area (Å²) in [6, 6.07) is 5.23. The zero-order valence-electron chi connectivity index (χ0n) is 11.5. The molecule has 20 heavy (non-hydrogen) atoms. The lowest BCUT2D eigenvalue weighted by atomic mass is 9.96. The van der Waals surface area contributed by atoms with Gasteiger partial charge >= 0.3 is 0 Å². The molecule has 0 atom stereocenters. The number of rotatable bonds is 1. The van der Waals surface area contributed by atoms with Gasteiger partial charge in [0.2, 0.25) is 4.96 Å². The minimum absolute atomic E-state index is 0.0507. The van der Waals surface area contributed by atoms with Crippen molar-refractivity contribution in [1.82, 2.24) is 19.8 Å². The van der Waals surface area contributed by atoms with E-state index in [0.29, 0.717) is 21.2 Å². The quantitative estimate of drug-likeness (QED) is 0.530. The number of aromatic nitrogens is 4. The molecule has 3 aromatic rings. The van der Waals surface area contributed by atoms with Gasteiger partial charge in [0.05, 0.1) is 11.3 Å². The van der Waals surface area contributed by atoms with Crippen molar-refractivity contribution < 1.29 is 5.11 Å². The zero-order valence-corrected chi connectivity index (χ0v) is 12.3. The summed E-state index contributed by atoms with van der Waals surface area (Å²) in [5.74, 6) is 0.841. The van der Waals surface area contributed by atoms with E-state index in [4.69, 9.17) is 5.73 Å². The van der Waals surface area contributed by atoms with Crippen LogP contribution in [0.2, 0.25) is 0 Å². The Morgan fingerprint density at radius 3 is 2.70 bits per heavy atom. The van der Waals surface area contributed by atoms with E-state index in [1.165, 1.54) is 11.3 Å². The summed E-state index contributed by atoms with van der Waals surface area (Å²) in [6.07, 6.45) is 0. The average molecular weight is 289 g/mol. The molecule has 2 aromatic heterocycles. The predicted molar refractivity (Wildman–Crippen MR) is 78.9 cm³/mol. The van der Waals surface area contributed by atoms with E-state index in [0.717, 1.165) is 5.82 Å². The molecule has 6 nitrogen and oxygen atoms in total. The summed E-state index contributed by atoms with van der Waals surface area (Å²) in [4.78, 5) is 0.701. The predicted octanol–water partition coefficient (Wildman–Crippen LogP) is 2.44. The van der Waals surface area contributed by atoms with Crippen LogP contribution >= 0.6 is 11.3 Å². The highest BCUT2D eigenvalue weighted by Crippen LogP contribution is 2.36. The second-order valence-corrected chi connectivity index (χ2v) is 6.57. The number of nitrogens with two attached hydrogens (primary N) is 1. The standard InChI is InChI=1S/C13H15N5OS/c1-13(2,3)11-15-16-12-18(11)17-10(20-12)7-5-4-6-8(14)9(7)19/h4-6,19H,14H2,1-3H3. The van der Waals surface area contributed by atoms with Gasteiger partial charge < -0.3 is 10.8 Å². The Hall–Kier alpha value is -2.15. The zero-order chi connectivity index (χ0) is 14.5. The number of hydrogen-bond donors (Lipinski definition) is 2. The fourth-order valence-electron chi connectivity index (χ4n) is 1.93. The normalized spacial score (nSPS) is 12.2. The minimum Gasteiger partial charge on any atom is -0.505 e. The first-order valence-electron chi connectivity index (χ1n) is 6.18. The second-order valence-electron chi connectivity index (χ2n) is 5.62. The Labute approximate surface area is 119 Å². The van der Waals surface area contributed by atoms with Crippen LogP contribution in [0.25, 0.3) is 15.5 Å². The summed E-state index contributed by atoms with van der Waals surface area (Å²) >= 11 is 1.37. The summed E-state index contributed by atoms with van der Waals surface area (Å²) < 4.78 is 1.72. The van der Waals surface area contributed by atoms with E-state index in [9.17, 15) is 5.11 Å². The third-order valence-electron chi connectivity index (χ3n) is 2.96. The van der Waals surface area contributed by atoms with Crippen LogP contribution in [0.5, 0.6) is 5.75 Å². The van der Waals surface area contributed by atoms with Gasteiger partial charge in [0.25, 0.3) is 0 Å². The van der Waals surface area contributed by atoms with Crippen LogP contribution in [0.1, 0.15) is 26.6 Å².